The van der Waals surface area contributed by atoms with E-state index in [1.165, 1.54) is 75.1 Å². The lowest BCUT2D eigenvalue weighted by Crippen LogP contribution is -2.61. The average Bonchev–Trinajstić information content (AvgIpc) is 4.29. The lowest BCUT2D eigenvalue weighted by Gasteiger charge is -2.27. The number of nitrogens with one attached hydrogen (secondary N) is 13. The number of nitrogens with zero attached hydrogens (tertiary/aromatic N) is 7. The second kappa shape index (κ2) is 29.0. The lowest BCUT2D eigenvalue weighted by molar-refractivity contribution is -0.141. The number of aliphatic carboxylic acids is 1. The van der Waals surface area contributed by atoms with Crippen molar-refractivity contribution in [3.8, 4) is 0 Å². The maximum atomic E-state index is 14.7. The van der Waals surface area contributed by atoms with Crippen LogP contribution in [0.5, 0.6) is 0 Å². The fourth-order valence-corrected chi connectivity index (χ4v) is 7.95. The zero-order valence-corrected chi connectivity index (χ0v) is 42.5. The molecule has 32 nitrogen and oxygen atoms in total. The van der Waals surface area contributed by atoms with Gasteiger partial charge < -0.3 is 89.4 Å². The second-order valence-corrected chi connectivity index (χ2v) is 18.1. The van der Waals surface area contributed by atoms with Crippen molar-refractivity contribution in [1.82, 2.24) is 97.0 Å². The predicted octanol–water partition coefficient (Wildman–Crippen LogP) is -5.43. The Labute approximate surface area is 448 Å². The molecule has 0 spiro atoms. The fourth-order valence-electron chi connectivity index (χ4n) is 7.70. The Morgan fingerprint density at radius 3 is 0.897 bits per heavy atom. The van der Waals surface area contributed by atoms with Gasteiger partial charge in [0.1, 0.15) is 42.3 Å². The van der Waals surface area contributed by atoms with Crippen LogP contribution in [-0.4, -0.2) is 179 Å². The fraction of sp³-hybridized carbons (Fsp3) is 0.400. The monoisotopic (exact) mass is 1100 g/mol. The van der Waals surface area contributed by atoms with E-state index in [1.54, 1.807) is 0 Å². The number of hydrogen-bond acceptors (Lipinski definition) is 17. The summed E-state index contributed by atoms with van der Waals surface area (Å²) in [5.74, 6) is -7.66. The first-order valence-electron chi connectivity index (χ1n) is 24.2. The second-order valence-electron chi connectivity index (χ2n) is 17.7. The summed E-state index contributed by atoms with van der Waals surface area (Å²) in [7, 11) is 0. The number of aliphatic imine (C=N–C) groups is 1. The molecule has 6 heterocycles. The van der Waals surface area contributed by atoms with Crippen LogP contribution in [0.15, 0.2) is 80.1 Å². The summed E-state index contributed by atoms with van der Waals surface area (Å²) in [6.07, 6.45) is 16.1. The number of imidazole rings is 6. The molecule has 0 aromatic carbocycles. The largest absolute Gasteiger partial charge is 0.480 e. The van der Waals surface area contributed by atoms with Crippen LogP contribution in [0.1, 0.15) is 47.0 Å². The van der Waals surface area contributed by atoms with Crippen molar-refractivity contribution in [2.45, 2.75) is 99.7 Å². The van der Waals surface area contributed by atoms with E-state index in [0.29, 0.717) is 40.6 Å². The molecule has 0 aliphatic rings. The molecule has 0 radical (unpaired) electrons. The third-order valence-corrected chi connectivity index (χ3v) is 12.1. The van der Waals surface area contributed by atoms with Gasteiger partial charge in [0.2, 0.25) is 41.4 Å². The number of guanidine groups is 1. The van der Waals surface area contributed by atoms with Crippen LogP contribution in [-0.2, 0) is 76.9 Å². The molecular weight excluding hydrogens is 1040 g/mol. The van der Waals surface area contributed by atoms with Crippen LogP contribution in [0.4, 0.5) is 0 Å². The van der Waals surface area contributed by atoms with E-state index in [4.69, 9.17) is 17.2 Å². The number of rotatable bonds is 32. The zero-order chi connectivity index (χ0) is 56.0. The van der Waals surface area contributed by atoms with Gasteiger partial charge in [-0.1, -0.05) is 0 Å². The number of carboxylic acid groups (broad SMARTS) is 1. The van der Waals surface area contributed by atoms with Crippen LogP contribution in [0, 0.1) is 0 Å². The Morgan fingerprint density at radius 1 is 0.449 bits per heavy atom. The van der Waals surface area contributed by atoms with Gasteiger partial charge in [-0.25, -0.2) is 34.7 Å². The molecule has 6 aromatic heterocycles. The Bertz CT molecular complexity index is 2860. The number of carboxylic acids is 1. The number of carbonyl (C=O) groups is 8. The van der Waals surface area contributed by atoms with Crippen LogP contribution in [0.2, 0.25) is 0 Å². The van der Waals surface area contributed by atoms with Crippen molar-refractivity contribution >= 4 is 65.9 Å². The van der Waals surface area contributed by atoms with Crippen molar-refractivity contribution in [3.05, 3.63) is 109 Å². The first kappa shape index (κ1) is 57.9. The Kier molecular flexibility index (Phi) is 21.6. The molecule has 8 atom stereocenters. The quantitative estimate of drug-likeness (QED) is 0.00811. The van der Waals surface area contributed by atoms with Gasteiger partial charge in [0.25, 0.3) is 0 Å². The molecule has 416 valence electrons. The zero-order valence-electron chi connectivity index (χ0n) is 41.6. The molecule has 7 amide bonds. The molecule has 6 aromatic rings. The summed E-state index contributed by atoms with van der Waals surface area (Å²) in [5, 5.41) is 28.0. The Hall–Kier alpha value is -9.40. The van der Waals surface area contributed by atoms with Gasteiger partial charge >= 0.3 is 5.97 Å². The number of carbonyl (C=O) groups excluding carboxylic acids is 7. The number of H-pyrrole nitrogens is 6. The van der Waals surface area contributed by atoms with Crippen molar-refractivity contribution < 1.29 is 43.5 Å². The van der Waals surface area contributed by atoms with Gasteiger partial charge in [0, 0.05) is 122 Å². The summed E-state index contributed by atoms with van der Waals surface area (Å²) in [5.41, 5.74) is 19.4. The van der Waals surface area contributed by atoms with Crippen LogP contribution in [0.3, 0.4) is 0 Å². The van der Waals surface area contributed by atoms with Crippen LogP contribution in [0.25, 0.3) is 0 Å². The lowest BCUT2D eigenvalue weighted by atomic mass is 10.0. The minimum absolute atomic E-state index is 0.101. The van der Waals surface area contributed by atoms with Gasteiger partial charge in [0.05, 0.1) is 44.0 Å². The highest BCUT2D eigenvalue weighted by Gasteiger charge is 2.36. The highest BCUT2D eigenvalue weighted by atomic mass is 32.1. The van der Waals surface area contributed by atoms with Gasteiger partial charge in [-0.05, 0) is 12.8 Å². The van der Waals surface area contributed by atoms with Gasteiger partial charge in [-0.15, -0.1) is 0 Å². The average molecular weight is 1100 g/mol. The van der Waals surface area contributed by atoms with E-state index in [1.807, 2.05) is 0 Å². The van der Waals surface area contributed by atoms with Crippen LogP contribution >= 0.6 is 12.6 Å². The predicted molar refractivity (Wildman–Crippen MR) is 277 cm³/mol. The molecule has 33 heteroatoms. The topological polar surface area (TPSA) is 503 Å². The number of hydrogen-bond donors (Lipinski definition) is 18. The first-order chi connectivity index (χ1) is 37.5. The molecule has 78 heavy (non-hydrogen) atoms. The van der Waals surface area contributed by atoms with Gasteiger partial charge in [-0.3, -0.25) is 38.6 Å². The maximum absolute atomic E-state index is 14.7. The van der Waals surface area contributed by atoms with Crippen molar-refractivity contribution in [3.63, 3.8) is 0 Å². The van der Waals surface area contributed by atoms with E-state index in [9.17, 15) is 43.5 Å². The summed E-state index contributed by atoms with van der Waals surface area (Å²) >= 11 is 4.02. The summed E-state index contributed by atoms with van der Waals surface area (Å²) in [6.45, 7) is 0.212. The van der Waals surface area contributed by atoms with E-state index < -0.39 is 95.7 Å². The highest BCUT2D eigenvalue weighted by Crippen LogP contribution is 2.10. The third-order valence-electron chi connectivity index (χ3n) is 11.8. The summed E-state index contributed by atoms with van der Waals surface area (Å²) < 4.78 is 0. The van der Waals surface area contributed by atoms with E-state index in [-0.39, 0.29) is 63.2 Å². The third kappa shape index (κ3) is 18.2. The highest BCUT2D eigenvalue weighted by molar-refractivity contribution is 7.80. The van der Waals surface area contributed by atoms with E-state index in [0.717, 1.165) is 0 Å². The number of nitrogens with two attached hydrogens (primary N) is 3. The molecule has 0 fully saturated rings. The van der Waals surface area contributed by atoms with Gasteiger partial charge in [0.15, 0.2) is 5.96 Å². The number of aromatic amines is 6. The smallest absolute Gasteiger partial charge is 0.327 e. The number of aromatic nitrogens is 12. The Balaban J connectivity index is 1.24. The van der Waals surface area contributed by atoms with Crippen LogP contribution < -0.4 is 54.4 Å². The van der Waals surface area contributed by atoms with Crippen molar-refractivity contribution in [2.75, 3.05) is 12.3 Å². The summed E-state index contributed by atoms with van der Waals surface area (Å²) in [6, 6.07) is -11.0. The molecule has 0 unspecified atom stereocenters. The maximum Gasteiger partial charge on any atom is 0.327 e. The molecule has 6 rings (SSSR count). The molecule has 0 saturated carbocycles. The van der Waals surface area contributed by atoms with Crippen molar-refractivity contribution in [2.24, 2.45) is 22.2 Å². The van der Waals surface area contributed by atoms with Crippen molar-refractivity contribution in [1.29, 1.82) is 0 Å². The van der Waals surface area contributed by atoms with E-state index >= 15 is 0 Å². The Morgan fingerprint density at radius 2 is 0.692 bits per heavy atom. The molecule has 0 aliphatic carbocycles. The molecule has 0 saturated heterocycles. The van der Waals surface area contributed by atoms with Gasteiger partial charge in [-0.2, -0.15) is 12.6 Å². The molecule has 0 bridgehead atoms. The number of thiol groups is 1. The molecule has 20 N–H and O–H groups in total. The minimum Gasteiger partial charge on any atom is -0.480 e. The molecular formula is C45H61N23O9S. The number of amides is 7. The standard InChI is InChI=1S/C45H61N23O9S/c46-29(2-1-3-55-45(47)48)37(69)62-30(4-23-10-49-17-56-23)38(70)63-31(5-24-11-50-18-57-24)39(71)64-32(6-25-12-51-19-58-25)40(72)65-33(7-26-13-52-20-59-26)41(73)66-34(8-27-14-53-21-60-27)42(74)67-35(9-28-15-54-22-61-28)43(75)68-36(16-78)44(76)77/h10-15,17-22,29-36,78H,1-9,16,46H2,(H,49,56)(H,50,57)(H,51,58)(H,52,59)(H,53,60)(H,54,61)(H,62,69)(H,63,70)(H,64,71)(H,65,72)(H,66,73)(H,67,74)(H,68,75)(H,76,77)(H4,47,48,55)/t29-,30-,31-,32-,33-,34-,35-,36-/m0/s1. The van der Waals surface area contributed by atoms with E-state index in [2.05, 4.69) is 115 Å². The first-order valence-corrected chi connectivity index (χ1v) is 24.8. The minimum atomic E-state index is -1.49. The molecule has 0 aliphatic heterocycles. The summed E-state index contributed by atoms with van der Waals surface area (Å²) in [4.78, 5) is 156. The normalized spacial score (nSPS) is 14.2. The SMILES string of the molecule is NC(N)=NCCC[C@H](N)C(=O)N[C@@H](Cc1cnc[nH]1)C(=O)N[C@@H](Cc1cnc[nH]1)C(=O)N[C@@H](Cc1cnc[nH]1)C(=O)N[C@@H](Cc1cnc[nH]1)C(=O)N[C@@H](Cc1cnc[nH]1)C(=O)N[C@@H](Cc1cnc[nH]1)C(=O)N[C@@H](CS)C(=O)O.